The minimum atomic E-state index is -4.54. The highest BCUT2D eigenvalue weighted by Gasteiger charge is 2.31. The highest BCUT2D eigenvalue weighted by atomic mass is 19.4. The number of imidazole rings is 1. The molecule has 0 spiro atoms. The molecule has 3 aromatic rings. The molecule has 126 valence electrons. The lowest BCUT2D eigenvalue weighted by molar-refractivity contribution is -0.137. The fourth-order valence-electron chi connectivity index (χ4n) is 2.57. The summed E-state index contributed by atoms with van der Waals surface area (Å²) in [4.78, 5) is 4.30. The van der Waals surface area contributed by atoms with E-state index in [0.717, 1.165) is 17.6 Å². The standard InChI is InChI=1S/C18H12F3N3O/c1-24-15-8-3-2-7-14(15)23-17(24)13(10-22)16(25)11-5-4-6-12(9-11)18(19,20)21/h2-9,25H,1H3. The van der Waals surface area contributed by atoms with Crippen molar-refractivity contribution in [1.82, 2.24) is 9.55 Å². The van der Waals surface area contributed by atoms with Crippen molar-refractivity contribution in [3.8, 4) is 6.07 Å². The Balaban J connectivity index is 2.19. The van der Waals surface area contributed by atoms with E-state index in [1.54, 1.807) is 35.9 Å². The summed E-state index contributed by atoms with van der Waals surface area (Å²) in [5.74, 6) is -0.370. The van der Waals surface area contributed by atoms with Crippen LogP contribution >= 0.6 is 0 Å². The molecule has 2 aromatic carbocycles. The zero-order chi connectivity index (χ0) is 18.2. The van der Waals surface area contributed by atoms with E-state index in [2.05, 4.69) is 4.98 Å². The van der Waals surface area contributed by atoms with Crippen molar-refractivity contribution in [3.63, 3.8) is 0 Å². The van der Waals surface area contributed by atoms with Gasteiger partial charge in [0.15, 0.2) is 5.82 Å². The van der Waals surface area contributed by atoms with E-state index in [0.29, 0.717) is 5.52 Å². The van der Waals surface area contributed by atoms with Crippen LogP contribution in [0.3, 0.4) is 0 Å². The average molecular weight is 343 g/mol. The van der Waals surface area contributed by atoms with Gasteiger partial charge in [0.05, 0.1) is 16.6 Å². The minimum Gasteiger partial charge on any atom is -0.506 e. The molecule has 0 aliphatic carbocycles. The number of hydrogen-bond acceptors (Lipinski definition) is 3. The van der Waals surface area contributed by atoms with E-state index in [9.17, 15) is 23.5 Å². The number of fused-ring (bicyclic) bond motifs is 1. The Hall–Kier alpha value is -3.27. The highest BCUT2D eigenvalue weighted by Crippen LogP contribution is 2.32. The van der Waals surface area contributed by atoms with Crippen molar-refractivity contribution in [2.24, 2.45) is 7.05 Å². The number of nitrogens with zero attached hydrogens (tertiary/aromatic N) is 3. The lowest BCUT2D eigenvalue weighted by Crippen LogP contribution is -2.05. The van der Waals surface area contributed by atoms with Crippen LogP contribution in [0.5, 0.6) is 0 Å². The highest BCUT2D eigenvalue weighted by molar-refractivity contribution is 5.94. The van der Waals surface area contributed by atoms with Crippen LogP contribution in [0.1, 0.15) is 17.0 Å². The van der Waals surface area contributed by atoms with Gasteiger partial charge in [0.2, 0.25) is 0 Å². The second-order valence-electron chi connectivity index (χ2n) is 5.40. The third-order valence-corrected chi connectivity index (χ3v) is 3.82. The lowest BCUT2D eigenvalue weighted by Gasteiger charge is -2.09. The molecule has 4 nitrogen and oxygen atoms in total. The summed E-state index contributed by atoms with van der Waals surface area (Å²) in [6.07, 6.45) is -4.54. The van der Waals surface area contributed by atoms with Crippen LogP contribution in [-0.2, 0) is 13.2 Å². The van der Waals surface area contributed by atoms with Gasteiger partial charge < -0.3 is 9.67 Å². The zero-order valence-electron chi connectivity index (χ0n) is 13.0. The molecule has 7 heteroatoms. The fourth-order valence-corrected chi connectivity index (χ4v) is 2.57. The molecule has 0 aliphatic heterocycles. The molecule has 0 bridgehead atoms. The fraction of sp³-hybridized carbons (Fsp3) is 0.111. The Bertz CT molecular complexity index is 1030. The second-order valence-corrected chi connectivity index (χ2v) is 5.40. The minimum absolute atomic E-state index is 0.0987. The number of alkyl halides is 3. The normalized spacial score (nSPS) is 12.8. The molecule has 0 unspecified atom stereocenters. The maximum absolute atomic E-state index is 12.9. The molecule has 0 fully saturated rings. The summed E-state index contributed by atoms with van der Waals surface area (Å²) in [6, 6.07) is 13.2. The molecule has 0 amide bonds. The zero-order valence-corrected chi connectivity index (χ0v) is 13.0. The molecule has 0 radical (unpaired) electrons. The SMILES string of the molecule is Cn1c(C(C#N)=C(O)c2cccc(C(F)(F)F)c2)nc2ccccc21. The van der Waals surface area contributed by atoms with Gasteiger partial charge in [0, 0.05) is 12.6 Å². The molecule has 0 saturated carbocycles. The van der Waals surface area contributed by atoms with Gasteiger partial charge in [-0.15, -0.1) is 0 Å². The molecule has 0 atom stereocenters. The predicted octanol–water partition coefficient (Wildman–Crippen LogP) is 4.54. The van der Waals surface area contributed by atoms with Gasteiger partial charge >= 0.3 is 6.18 Å². The molecule has 0 saturated heterocycles. The summed E-state index contributed by atoms with van der Waals surface area (Å²) < 4.78 is 40.2. The summed E-state index contributed by atoms with van der Waals surface area (Å²) in [7, 11) is 1.67. The lowest BCUT2D eigenvalue weighted by atomic mass is 10.1. The summed E-state index contributed by atoms with van der Waals surface area (Å²) >= 11 is 0. The summed E-state index contributed by atoms with van der Waals surface area (Å²) in [5.41, 5.74) is 0.155. The Labute approximate surface area is 141 Å². The maximum Gasteiger partial charge on any atom is 0.416 e. The second kappa shape index (κ2) is 5.98. The molecule has 25 heavy (non-hydrogen) atoms. The van der Waals surface area contributed by atoms with Crippen molar-refractivity contribution >= 4 is 22.4 Å². The van der Waals surface area contributed by atoms with Gasteiger partial charge in [-0.25, -0.2) is 4.98 Å². The van der Waals surface area contributed by atoms with Crippen LogP contribution in [-0.4, -0.2) is 14.7 Å². The first-order chi connectivity index (χ1) is 11.8. The Kier molecular flexibility index (Phi) is 3.97. The first kappa shape index (κ1) is 16.6. The Morgan fingerprint density at radius 2 is 1.88 bits per heavy atom. The molecular weight excluding hydrogens is 331 g/mol. The van der Waals surface area contributed by atoms with Crippen LogP contribution in [0.4, 0.5) is 13.2 Å². The predicted molar refractivity (Wildman–Crippen MR) is 87.2 cm³/mol. The van der Waals surface area contributed by atoms with Gasteiger partial charge in [-0.1, -0.05) is 24.3 Å². The number of para-hydroxylation sites is 2. The number of aryl methyl sites for hydroxylation is 1. The van der Waals surface area contributed by atoms with E-state index in [-0.39, 0.29) is 17.0 Å². The van der Waals surface area contributed by atoms with E-state index in [1.165, 1.54) is 12.1 Å². The summed E-state index contributed by atoms with van der Waals surface area (Å²) in [5, 5.41) is 19.9. The number of benzene rings is 2. The number of aromatic nitrogens is 2. The van der Waals surface area contributed by atoms with Crippen molar-refractivity contribution in [1.29, 1.82) is 5.26 Å². The number of nitriles is 1. The number of hydrogen-bond donors (Lipinski definition) is 1. The monoisotopic (exact) mass is 343 g/mol. The first-order valence-electron chi connectivity index (χ1n) is 7.25. The topological polar surface area (TPSA) is 61.8 Å². The number of rotatable bonds is 2. The van der Waals surface area contributed by atoms with Gasteiger partial charge in [-0.05, 0) is 24.3 Å². The third kappa shape index (κ3) is 2.94. The van der Waals surface area contributed by atoms with Crippen molar-refractivity contribution < 1.29 is 18.3 Å². The number of aliphatic hydroxyl groups excluding tert-OH is 1. The molecule has 1 N–H and O–H groups in total. The van der Waals surface area contributed by atoms with E-state index < -0.39 is 17.5 Å². The van der Waals surface area contributed by atoms with Crippen molar-refractivity contribution in [2.75, 3.05) is 0 Å². The van der Waals surface area contributed by atoms with Crippen molar-refractivity contribution in [3.05, 3.63) is 65.5 Å². The largest absolute Gasteiger partial charge is 0.506 e. The van der Waals surface area contributed by atoms with Gasteiger partial charge in [0.1, 0.15) is 17.4 Å². The van der Waals surface area contributed by atoms with Crippen LogP contribution in [0.15, 0.2) is 48.5 Å². The van der Waals surface area contributed by atoms with Crippen LogP contribution < -0.4 is 0 Å². The number of aliphatic hydroxyl groups is 1. The van der Waals surface area contributed by atoms with Gasteiger partial charge in [-0.3, -0.25) is 0 Å². The molecule has 1 aromatic heterocycles. The molecule has 0 aliphatic rings. The van der Waals surface area contributed by atoms with Gasteiger partial charge in [0.25, 0.3) is 0 Å². The van der Waals surface area contributed by atoms with Gasteiger partial charge in [-0.2, -0.15) is 18.4 Å². The Morgan fingerprint density at radius 1 is 1.16 bits per heavy atom. The third-order valence-electron chi connectivity index (χ3n) is 3.82. The molecular formula is C18H12F3N3O. The number of halogens is 3. The van der Waals surface area contributed by atoms with Crippen LogP contribution in [0.2, 0.25) is 0 Å². The summed E-state index contributed by atoms with van der Waals surface area (Å²) in [6.45, 7) is 0. The first-order valence-corrected chi connectivity index (χ1v) is 7.25. The smallest absolute Gasteiger partial charge is 0.416 e. The average Bonchev–Trinajstić information content (AvgIpc) is 2.92. The van der Waals surface area contributed by atoms with Crippen molar-refractivity contribution in [2.45, 2.75) is 6.18 Å². The molecule has 1 heterocycles. The van der Waals surface area contributed by atoms with Crippen LogP contribution in [0, 0.1) is 11.3 Å². The number of allylic oxidation sites excluding steroid dienone is 1. The molecule has 3 rings (SSSR count). The quantitative estimate of drug-likeness (QED) is 0.549. The van der Waals surface area contributed by atoms with Crippen LogP contribution in [0.25, 0.3) is 22.4 Å². The van der Waals surface area contributed by atoms with E-state index >= 15 is 0 Å². The maximum atomic E-state index is 12.9. The van der Waals surface area contributed by atoms with E-state index in [1.807, 2.05) is 6.07 Å². The Morgan fingerprint density at radius 3 is 2.52 bits per heavy atom. The van der Waals surface area contributed by atoms with E-state index in [4.69, 9.17) is 0 Å².